The first-order valence-electron chi connectivity index (χ1n) is 7.48. The van der Waals surface area contributed by atoms with Crippen molar-refractivity contribution in [2.24, 2.45) is 16.8 Å². The average Bonchev–Trinajstić information content (AvgIpc) is 2.96. The van der Waals surface area contributed by atoms with Crippen LogP contribution in [0.15, 0.2) is 23.5 Å². The number of pyridine rings is 1. The molecule has 0 saturated carbocycles. The molecule has 2 rings (SSSR count). The van der Waals surface area contributed by atoms with Crippen molar-refractivity contribution in [2.75, 3.05) is 19.6 Å². The van der Waals surface area contributed by atoms with Crippen molar-refractivity contribution in [2.45, 2.75) is 32.9 Å². The van der Waals surface area contributed by atoms with E-state index >= 15 is 0 Å². The van der Waals surface area contributed by atoms with Gasteiger partial charge in [0.15, 0.2) is 5.84 Å². The molecule has 1 unspecified atom stereocenters. The van der Waals surface area contributed by atoms with Gasteiger partial charge >= 0.3 is 0 Å². The van der Waals surface area contributed by atoms with E-state index in [-0.39, 0.29) is 5.84 Å². The molecule has 0 amide bonds. The Balaban J connectivity index is 1.85. The van der Waals surface area contributed by atoms with E-state index in [0.717, 1.165) is 18.7 Å². The lowest BCUT2D eigenvalue weighted by atomic mass is 10.1. The number of nitrogens with zero attached hydrogens (tertiary/aromatic N) is 3. The van der Waals surface area contributed by atoms with Crippen LogP contribution in [-0.4, -0.2) is 46.6 Å². The van der Waals surface area contributed by atoms with Gasteiger partial charge in [-0.2, -0.15) is 0 Å². The highest BCUT2D eigenvalue weighted by Crippen LogP contribution is 2.17. The van der Waals surface area contributed by atoms with Crippen molar-refractivity contribution >= 4 is 5.84 Å². The third-order valence-corrected chi connectivity index (χ3v) is 4.04. The molecule has 6 heteroatoms. The second-order valence-corrected chi connectivity index (χ2v) is 5.87. The number of hydrogen-bond donors (Lipinski definition) is 3. The fraction of sp³-hybridized carbons (Fsp3) is 0.600. The van der Waals surface area contributed by atoms with Crippen LogP contribution in [0.1, 0.15) is 31.5 Å². The highest BCUT2D eigenvalue weighted by atomic mass is 16.4. The monoisotopic (exact) mass is 291 g/mol. The van der Waals surface area contributed by atoms with Gasteiger partial charge in [0.2, 0.25) is 0 Å². The van der Waals surface area contributed by atoms with Crippen molar-refractivity contribution in [1.82, 2.24) is 15.2 Å². The molecule has 1 aromatic rings. The second-order valence-electron chi connectivity index (χ2n) is 5.87. The van der Waals surface area contributed by atoms with Crippen LogP contribution >= 0.6 is 0 Å². The van der Waals surface area contributed by atoms with Gasteiger partial charge in [0.25, 0.3) is 0 Å². The van der Waals surface area contributed by atoms with E-state index in [1.54, 1.807) is 6.20 Å². The minimum Gasteiger partial charge on any atom is -0.409 e. The van der Waals surface area contributed by atoms with Crippen LogP contribution in [-0.2, 0) is 6.54 Å². The summed E-state index contributed by atoms with van der Waals surface area (Å²) in [6, 6.07) is 4.43. The van der Waals surface area contributed by atoms with Gasteiger partial charge < -0.3 is 21.2 Å². The van der Waals surface area contributed by atoms with Gasteiger partial charge in [-0.25, -0.2) is 0 Å². The molecule has 1 aliphatic rings. The third-order valence-electron chi connectivity index (χ3n) is 4.04. The van der Waals surface area contributed by atoms with Crippen molar-refractivity contribution in [3.8, 4) is 0 Å². The molecule has 21 heavy (non-hydrogen) atoms. The van der Waals surface area contributed by atoms with Gasteiger partial charge in [-0.1, -0.05) is 11.2 Å². The van der Waals surface area contributed by atoms with Crippen molar-refractivity contribution in [1.29, 1.82) is 0 Å². The van der Waals surface area contributed by atoms with E-state index in [2.05, 4.69) is 34.2 Å². The Morgan fingerprint density at radius 1 is 1.62 bits per heavy atom. The number of nitrogens with two attached hydrogens (primary N) is 1. The van der Waals surface area contributed by atoms with Crippen molar-refractivity contribution in [3.05, 3.63) is 29.6 Å². The fourth-order valence-electron chi connectivity index (χ4n) is 2.77. The van der Waals surface area contributed by atoms with Crippen LogP contribution in [0.2, 0.25) is 0 Å². The van der Waals surface area contributed by atoms with Crippen LogP contribution in [0, 0.1) is 5.92 Å². The normalized spacial score (nSPS) is 20.3. The smallest absolute Gasteiger partial charge is 0.189 e. The van der Waals surface area contributed by atoms with Crippen molar-refractivity contribution < 1.29 is 5.21 Å². The molecule has 1 aromatic heterocycles. The molecule has 6 nitrogen and oxygen atoms in total. The Morgan fingerprint density at radius 2 is 2.43 bits per heavy atom. The largest absolute Gasteiger partial charge is 0.409 e. The second kappa shape index (κ2) is 7.38. The Bertz CT molecular complexity index is 489. The van der Waals surface area contributed by atoms with Gasteiger partial charge in [-0.15, -0.1) is 0 Å². The number of likely N-dealkylation sites (tertiary alicyclic amines) is 1. The molecule has 2 heterocycles. The Labute approximate surface area is 126 Å². The van der Waals surface area contributed by atoms with E-state index in [9.17, 15) is 0 Å². The van der Waals surface area contributed by atoms with E-state index in [0.29, 0.717) is 24.2 Å². The first kappa shape index (κ1) is 15.7. The summed E-state index contributed by atoms with van der Waals surface area (Å²) in [5.41, 5.74) is 7.14. The standard InChI is InChI=1S/C15H25N5O/c1-11(2)20-7-5-12(10-20)8-17-9-13-4-3-6-18-14(13)15(16)19-21/h3-4,6,11-12,17,21H,5,7-10H2,1-2H3,(H2,16,19). The first-order valence-corrected chi connectivity index (χ1v) is 7.48. The zero-order chi connectivity index (χ0) is 15.2. The molecule has 0 bridgehead atoms. The Hall–Kier alpha value is -1.66. The van der Waals surface area contributed by atoms with Crippen LogP contribution in [0.25, 0.3) is 0 Å². The maximum atomic E-state index is 8.79. The number of nitrogens with one attached hydrogen (secondary N) is 1. The zero-order valence-electron chi connectivity index (χ0n) is 12.8. The lowest BCUT2D eigenvalue weighted by Gasteiger charge is -2.20. The summed E-state index contributed by atoms with van der Waals surface area (Å²) in [6.07, 6.45) is 2.89. The Morgan fingerprint density at radius 3 is 3.10 bits per heavy atom. The minimum atomic E-state index is 0.0549. The van der Waals surface area contributed by atoms with Gasteiger partial charge in [-0.3, -0.25) is 4.98 Å². The van der Waals surface area contributed by atoms with Crippen LogP contribution < -0.4 is 11.1 Å². The maximum absolute atomic E-state index is 8.79. The zero-order valence-corrected chi connectivity index (χ0v) is 12.8. The van der Waals surface area contributed by atoms with Gasteiger partial charge in [-0.05, 0) is 50.9 Å². The number of amidine groups is 1. The van der Waals surface area contributed by atoms with E-state index in [1.165, 1.54) is 13.0 Å². The number of oxime groups is 1. The topological polar surface area (TPSA) is 86.8 Å². The molecular weight excluding hydrogens is 266 g/mol. The highest BCUT2D eigenvalue weighted by molar-refractivity contribution is 5.96. The van der Waals surface area contributed by atoms with Crippen LogP contribution in [0.4, 0.5) is 0 Å². The van der Waals surface area contributed by atoms with E-state index in [1.807, 2.05) is 12.1 Å². The lowest BCUT2D eigenvalue weighted by Crippen LogP contribution is -2.31. The fourth-order valence-corrected chi connectivity index (χ4v) is 2.77. The van der Waals surface area contributed by atoms with E-state index in [4.69, 9.17) is 10.9 Å². The van der Waals surface area contributed by atoms with Gasteiger partial charge in [0, 0.05) is 25.3 Å². The minimum absolute atomic E-state index is 0.0549. The van der Waals surface area contributed by atoms with Crippen LogP contribution in [0.5, 0.6) is 0 Å². The number of hydrogen-bond acceptors (Lipinski definition) is 5. The lowest BCUT2D eigenvalue weighted by molar-refractivity contribution is 0.264. The average molecular weight is 291 g/mol. The molecule has 0 radical (unpaired) electrons. The summed E-state index contributed by atoms with van der Waals surface area (Å²) < 4.78 is 0. The molecule has 4 N–H and O–H groups in total. The summed E-state index contributed by atoms with van der Waals surface area (Å²) in [5, 5.41) is 15.3. The molecule has 1 atom stereocenters. The molecule has 0 aromatic carbocycles. The van der Waals surface area contributed by atoms with Gasteiger partial charge in [0.1, 0.15) is 5.69 Å². The van der Waals surface area contributed by atoms with Crippen LogP contribution in [0.3, 0.4) is 0 Å². The number of rotatable bonds is 6. The quantitative estimate of drug-likeness (QED) is 0.315. The summed E-state index contributed by atoms with van der Waals surface area (Å²) in [5.74, 6) is 0.746. The molecule has 116 valence electrons. The third kappa shape index (κ3) is 4.15. The highest BCUT2D eigenvalue weighted by Gasteiger charge is 2.23. The summed E-state index contributed by atoms with van der Waals surface area (Å²) in [6.45, 7) is 8.49. The Kier molecular flexibility index (Phi) is 5.52. The predicted molar refractivity (Wildman–Crippen MR) is 83.3 cm³/mol. The summed E-state index contributed by atoms with van der Waals surface area (Å²) in [7, 11) is 0. The van der Waals surface area contributed by atoms with Crippen molar-refractivity contribution in [3.63, 3.8) is 0 Å². The number of aromatic nitrogens is 1. The molecule has 1 saturated heterocycles. The van der Waals surface area contributed by atoms with Gasteiger partial charge in [0.05, 0.1) is 0 Å². The molecule has 0 aliphatic carbocycles. The first-order chi connectivity index (χ1) is 10.1. The molecule has 0 spiro atoms. The maximum Gasteiger partial charge on any atom is 0.189 e. The predicted octanol–water partition coefficient (Wildman–Crippen LogP) is 0.996. The molecule has 1 fully saturated rings. The summed E-state index contributed by atoms with van der Waals surface area (Å²) in [4.78, 5) is 6.68. The molecule has 1 aliphatic heterocycles. The van der Waals surface area contributed by atoms with E-state index < -0.39 is 0 Å². The molecular formula is C15H25N5O. The SMILES string of the molecule is CC(C)N1CCC(CNCc2cccnc2C(N)=NO)C1. The summed E-state index contributed by atoms with van der Waals surface area (Å²) >= 11 is 0.